The van der Waals surface area contributed by atoms with Gasteiger partial charge in [-0.15, -0.1) is 0 Å². The van der Waals surface area contributed by atoms with Gasteiger partial charge in [0.05, 0.1) is 6.61 Å². The molecule has 0 spiro atoms. The van der Waals surface area contributed by atoms with Crippen molar-refractivity contribution >= 4 is 6.16 Å². The van der Waals surface area contributed by atoms with Gasteiger partial charge in [0.2, 0.25) is 0 Å². The number of halogens is 1. The smallest absolute Gasteiger partial charge is 0.483 e. The fraction of sp³-hybridized carbons (Fsp3) is 0.318. The second-order valence-electron chi connectivity index (χ2n) is 6.38. The van der Waals surface area contributed by atoms with Crippen molar-refractivity contribution in [3.8, 4) is 5.75 Å². The molecule has 3 atom stereocenters. The third-order valence-electron chi connectivity index (χ3n) is 4.32. The van der Waals surface area contributed by atoms with Crippen molar-refractivity contribution in [2.24, 2.45) is 0 Å². The van der Waals surface area contributed by atoms with Crippen LogP contribution in [-0.2, 0) is 14.2 Å². The van der Waals surface area contributed by atoms with Gasteiger partial charge in [-0.05, 0) is 49.2 Å². The van der Waals surface area contributed by atoms with Crippen molar-refractivity contribution in [3.63, 3.8) is 0 Å². The molecule has 2 aromatic rings. The number of aryl methyl sites for hydroxylation is 1. The topological polar surface area (TPSA) is 54.0 Å². The Labute approximate surface area is 163 Å². The average Bonchev–Trinajstić information content (AvgIpc) is 2.70. The molecule has 1 heterocycles. The van der Waals surface area contributed by atoms with E-state index < -0.39 is 18.4 Å². The Morgan fingerprint density at radius 3 is 2.61 bits per heavy atom. The number of hydrogen-bond acceptors (Lipinski definition) is 5. The average molecular weight is 386 g/mol. The summed E-state index contributed by atoms with van der Waals surface area (Å²) >= 11 is 0. The second kappa shape index (κ2) is 9.37. The number of rotatable bonds is 6. The lowest BCUT2D eigenvalue weighted by Gasteiger charge is -2.32. The lowest BCUT2D eigenvalue weighted by atomic mass is 10.0. The standard InChI is InChI=1S/C22H23FO5/c1-3-25-22(24)26-14-21-20(27-18-10-9-17(23)13-15(18)2)12-11-19(28-21)16-7-5-4-6-8-16/h4-13,19-21H,3,14H2,1-2H3/t19-,20-,21+/m0/s1. The summed E-state index contributed by atoms with van der Waals surface area (Å²) in [6, 6.07) is 14.0. The summed E-state index contributed by atoms with van der Waals surface area (Å²) in [5.41, 5.74) is 1.65. The number of carbonyl (C=O) groups is 1. The van der Waals surface area contributed by atoms with Crippen LogP contribution >= 0.6 is 0 Å². The van der Waals surface area contributed by atoms with Gasteiger partial charge in [0.15, 0.2) is 0 Å². The lowest BCUT2D eigenvalue weighted by Crippen LogP contribution is -2.40. The van der Waals surface area contributed by atoms with Gasteiger partial charge in [-0.1, -0.05) is 36.4 Å². The van der Waals surface area contributed by atoms with E-state index in [1.54, 1.807) is 19.9 Å². The number of benzene rings is 2. The van der Waals surface area contributed by atoms with Gasteiger partial charge >= 0.3 is 6.16 Å². The Morgan fingerprint density at radius 2 is 1.89 bits per heavy atom. The van der Waals surface area contributed by atoms with Gasteiger partial charge in [0, 0.05) is 0 Å². The molecule has 3 rings (SSSR count). The minimum atomic E-state index is -0.756. The molecule has 0 amide bonds. The molecule has 0 unspecified atom stereocenters. The second-order valence-corrected chi connectivity index (χ2v) is 6.38. The van der Waals surface area contributed by atoms with Crippen molar-refractivity contribution in [2.45, 2.75) is 32.2 Å². The number of hydrogen-bond donors (Lipinski definition) is 0. The predicted molar refractivity (Wildman–Crippen MR) is 102 cm³/mol. The molecule has 0 saturated heterocycles. The zero-order valence-electron chi connectivity index (χ0n) is 15.8. The summed E-state index contributed by atoms with van der Waals surface area (Å²) in [4.78, 5) is 11.6. The Morgan fingerprint density at radius 1 is 1.11 bits per heavy atom. The summed E-state index contributed by atoms with van der Waals surface area (Å²) in [7, 11) is 0. The minimum Gasteiger partial charge on any atom is -0.483 e. The third kappa shape index (κ3) is 5.10. The summed E-state index contributed by atoms with van der Waals surface area (Å²) in [6.45, 7) is 3.67. The molecule has 0 aliphatic carbocycles. The highest BCUT2D eigenvalue weighted by atomic mass is 19.1. The molecule has 1 aliphatic heterocycles. The first kappa shape index (κ1) is 19.9. The van der Waals surface area contributed by atoms with Gasteiger partial charge in [0.1, 0.15) is 36.5 Å². The minimum absolute atomic E-state index is 0.0303. The van der Waals surface area contributed by atoms with Gasteiger partial charge in [-0.3, -0.25) is 0 Å². The molecule has 6 heteroatoms. The first-order chi connectivity index (χ1) is 13.6. The monoisotopic (exact) mass is 386 g/mol. The maximum atomic E-state index is 13.4. The van der Waals surface area contributed by atoms with Crippen molar-refractivity contribution in [3.05, 3.63) is 77.6 Å². The van der Waals surface area contributed by atoms with Crippen molar-refractivity contribution in [2.75, 3.05) is 13.2 Å². The molecular weight excluding hydrogens is 363 g/mol. The van der Waals surface area contributed by atoms with E-state index in [9.17, 15) is 9.18 Å². The summed E-state index contributed by atoms with van der Waals surface area (Å²) in [6.07, 6.45) is 1.69. The Hall–Kier alpha value is -2.86. The van der Waals surface area contributed by atoms with Crippen LogP contribution in [0, 0.1) is 12.7 Å². The van der Waals surface area contributed by atoms with Gasteiger partial charge in [-0.25, -0.2) is 9.18 Å². The van der Waals surface area contributed by atoms with Gasteiger partial charge in [-0.2, -0.15) is 0 Å². The first-order valence-corrected chi connectivity index (χ1v) is 9.18. The summed E-state index contributed by atoms with van der Waals surface area (Å²) < 4.78 is 35.5. The zero-order valence-corrected chi connectivity index (χ0v) is 15.8. The quantitative estimate of drug-likeness (QED) is 0.530. The van der Waals surface area contributed by atoms with Gasteiger partial charge in [0.25, 0.3) is 0 Å². The van der Waals surface area contributed by atoms with E-state index in [0.717, 1.165) is 5.56 Å². The van der Waals surface area contributed by atoms with E-state index in [1.165, 1.54) is 12.1 Å². The number of carbonyl (C=O) groups excluding carboxylic acids is 1. The van der Waals surface area contributed by atoms with Crippen LogP contribution in [0.25, 0.3) is 0 Å². The molecule has 5 nitrogen and oxygen atoms in total. The highest BCUT2D eigenvalue weighted by Crippen LogP contribution is 2.30. The van der Waals surface area contributed by atoms with Crippen LogP contribution in [0.15, 0.2) is 60.7 Å². The van der Waals surface area contributed by atoms with E-state index in [0.29, 0.717) is 11.3 Å². The normalized spacial score (nSPS) is 21.2. The largest absolute Gasteiger partial charge is 0.508 e. The zero-order chi connectivity index (χ0) is 19.9. The molecule has 2 aromatic carbocycles. The predicted octanol–water partition coefficient (Wildman–Crippen LogP) is 4.75. The van der Waals surface area contributed by atoms with Crippen LogP contribution in [0.4, 0.5) is 9.18 Å². The molecule has 0 radical (unpaired) electrons. The van der Waals surface area contributed by atoms with Crippen LogP contribution in [0.5, 0.6) is 5.75 Å². The van der Waals surface area contributed by atoms with E-state index >= 15 is 0 Å². The van der Waals surface area contributed by atoms with E-state index in [-0.39, 0.29) is 25.1 Å². The molecule has 0 fully saturated rings. The number of ether oxygens (including phenoxy) is 4. The Balaban J connectivity index is 1.77. The molecule has 0 N–H and O–H groups in total. The van der Waals surface area contributed by atoms with E-state index in [4.69, 9.17) is 18.9 Å². The van der Waals surface area contributed by atoms with Crippen molar-refractivity contribution in [1.29, 1.82) is 0 Å². The third-order valence-corrected chi connectivity index (χ3v) is 4.32. The van der Waals surface area contributed by atoms with Crippen molar-refractivity contribution < 1.29 is 28.1 Å². The highest BCUT2D eigenvalue weighted by molar-refractivity contribution is 5.59. The summed E-state index contributed by atoms with van der Waals surface area (Å²) in [5.74, 6) is 0.213. The van der Waals surface area contributed by atoms with E-state index in [2.05, 4.69) is 0 Å². The molecule has 1 aliphatic rings. The maximum Gasteiger partial charge on any atom is 0.508 e. The van der Waals surface area contributed by atoms with Crippen LogP contribution < -0.4 is 4.74 Å². The fourth-order valence-corrected chi connectivity index (χ4v) is 2.93. The fourth-order valence-electron chi connectivity index (χ4n) is 2.93. The van der Waals surface area contributed by atoms with Gasteiger partial charge < -0.3 is 18.9 Å². The van der Waals surface area contributed by atoms with E-state index in [1.807, 2.05) is 42.5 Å². The van der Waals surface area contributed by atoms with Crippen LogP contribution in [-0.4, -0.2) is 31.6 Å². The molecule has 0 saturated carbocycles. The first-order valence-electron chi connectivity index (χ1n) is 9.18. The molecular formula is C22H23FO5. The maximum absolute atomic E-state index is 13.4. The lowest BCUT2D eigenvalue weighted by molar-refractivity contribution is -0.0824. The van der Waals surface area contributed by atoms with Crippen LogP contribution in [0.2, 0.25) is 0 Å². The van der Waals surface area contributed by atoms with Crippen LogP contribution in [0.1, 0.15) is 24.2 Å². The van der Waals surface area contributed by atoms with Crippen LogP contribution in [0.3, 0.4) is 0 Å². The molecule has 0 aromatic heterocycles. The summed E-state index contributed by atoms with van der Waals surface area (Å²) in [5, 5.41) is 0. The highest BCUT2D eigenvalue weighted by Gasteiger charge is 2.31. The Kier molecular flexibility index (Phi) is 6.66. The SMILES string of the molecule is CCOC(=O)OC[C@H]1O[C@H](c2ccccc2)C=C[C@@H]1Oc1ccc(F)cc1C. The molecule has 28 heavy (non-hydrogen) atoms. The molecule has 0 bridgehead atoms. The Bertz CT molecular complexity index is 821. The van der Waals surface area contributed by atoms with Crippen molar-refractivity contribution in [1.82, 2.24) is 0 Å². The molecule has 148 valence electrons.